The van der Waals surface area contributed by atoms with Gasteiger partial charge in [0.1, 0.15) is 0 Å². The molecule has 0 saturated heterocycles. The fraction of sp³-hybridized carbons (Fsp3) is 0.404. The minimum absolute atomic E-state index is 0.248. The molecule has 1 aliphatic heterocycles. The Balaban J connectivity index is 1.83. The summed E-state index contributed by atoms with van der Waals surface area (Å²) in [6.45, 7) is 14.1. The minimum Gasteiger partial charge on any atom is -0.469 e. The van der Waals surface area contributed by atoms with Crippen LogP contribution in [0.1, 0.15) is 119 Å². The molecule has 0 fully saturated rings. The number of esters is 2. The number of carbonyl (C=O) groups excluding carboxylic acids is 2. The van der Waals surface area contributed by atoms with Crippen molar-refractivity contribution in [1.82, 2.24) is 24.8 Å². The molecule has 296 valence electrons. The SMILES string of the molecule is CCc1c2[nH]c(c1CC)C(c1ccccc1CN(C)C)=c1[nH]c(c(CC)c1CC)=Cc1[nH]c(c(CCC(=O)OC)c1C)C=c1[nH]c(c(C)c1CCC(=O)OC)=C2. The van der Waals surface area contributed by atoms with Gasteiger partial charge in [-0.2, -0.15) is 0 Å². The fourth-order valence-electron chi connectivity index (χ4n) is 8.72. The summed E-state index contributed by atoms with van der Waals surface area (Å²) in [5.74, 6) is -0.495. The number of nitrogens with zero attached hydrogens (tertiary/aromatic N) is 1. The number of hydrogen-bond acceptors (Lipinski definition) is 5. The summed E-state index contributed by atoms with van der Waals surface area (Å²) < 4.78 is 10.1. The summed E-state index contributed by atoms with van der Waals surface area (Å²) in [6, 6.07) is 8.82. The number of H-pyrrole nitrogens is 4. The van der Waals surface area contributed by atoms with E-state index in [9.17, 15) is 9.59 Å². The van der Waals surface area contributed by atoms with Crippen LogP contribution in [0.2, 0.25) is 0 Å². The number of benzene rings is 1. The minimum atomic E-state index is -0.248. The average Bonchev–Trinajstić information content (AvgIpc) is 3.89. The number of carbonyl (C=O) groups is 2. The van der Waals surface area contributed by atoms with Crippen LogP contribution in [0.4, 0.5) is 0 Å². The number of methoxy groups -OCH3 is 2. The molecule has 9 heteroatoms. The number of aromatic nitrogens is 4. The highest BCUT2D eigenvalue weighted by atomic mass is 16.5. The standard InChI is InChI=1S/C47H59N5O4/c1-11-30-32(13-3)46-45(36-18-16-15-17-29(36)26-52(7)8)47-33(14-4)31(12-2)40(51-47)24-38-28(6)35(20-22-44(54)56-10)42(49-38)25-41-34(19-21-43(53)55-9)27(5)37(48-41)23-39(30)50-46/h15-18,23-25,48-51H,11-14,19-22,26H2,1-10H3. The van der Waals surface area contributed by atoms with E-state index in [0.29, 0.717) is 12.8 Å². The molecule has 9 nitrogen and oxygen atoms in total. The van der Waals surface area contributed by atoms with Crippen molar-refractivity contribution < 1.29 is 19.1 Å². The summed E-state index contributed by atoms with van der Waals surface area (Å²) >= 11 is 0. The first-order chi connectivity index (χ1) is 27.0. The van der Waals surface area contributed by atoms with Gasteiger partial charge in [-0.05, 0) is 140 Å². The Hall–Kier alpha value is -5.28. The van der Waals surface area contributed by atoms with Crippen molar-refractivity contribution in [2.75, 3.05) is 28.3 Å². The third-order valence-electron chi connectivity index (χ3n) is 11.6. The van der Waals surface area contributed by atoms with Crippen molar-refractivity contribution in [3.63, 3.8) is 0 Å². The van der Waals surface area contributed by atoms with Crippen LogP contribution in [0.5, 0.6) is 0 Å². The molecule has 4 N–H and O–H groups in total. The molecule has 0 spiro atoms. The molecule has 8 bridgehead atoms. The van der Waals surface area contributed by atoms with E-state index in [0.717, 1.165) is 98.7 Å². The molecule has 1 aliphatic rings. The van der Waals surface area contributed by atoms with Crippen LogP contribution in [0.15, 0.2) is 24.3 Å². The highest BCUT2D eigenvalue weighted by Gasteiger charge is 2.24. The molecular formula is C47H59N5O4. The molecule has 0 atom stereocenters. The van der Waals surface area contributed by atoms with Gasteiger partial charge in [0.2, 0.25) is 0 Å². The maximum Gasteiger partial charge on any atom is 0.305 e. The number of aromatic amines is 4. The average molecular weight is 758 g/mol. The van der Waals surface area contributed by atoms with Crippen molar-refractivity contribution in [3.05, 3.63) is 124 Å². The van der Waals surface area contributed by atoms with E-state index >= 15 is 0 Å². The highest BCUT2D eigenvalue weighted by Crippen LogP contribution is 2.32. The van der Waals surface area contributed by atoms with E-state index in [4.69, 9.17) is 9.47 Å². The van der Waals surface area contributed by atoms with Gasteiger partial charge in [-0.25, -0.2) is 0 Å². The van der Waals surface area contributed by atoms with Gasteiger partial charge in [0.25, 0.3) is 0 Å². The Morgan fingerprint density at radius 1 is 0.607 bits per heavy atom. The second-order valence-electron chi connectivity index (χ2n) is 15.1. The lowest BCUT2D eigenvalue weighted by molar-refractivity contribution is -0.141. The molecule has 0 saturated carbocycles. The highest BCUT2D eigenvalue weighted by molar-refractivity contribution is 5.83. The maximum atomic E-state index is 12.5. The van der Waals surface area contributed by atoms with Crippen molar-refractivity contribution in [3.8, 4) is 0 Å². The number of fused-ring (bicyclic) bond motifs is 8. The Labute approximate surface area is 330 Å². The third-order valence-corrected chi connectivity index (χ3v) is 11.6. The van der Waals surface area contributed by atoms with Crippen molar-refractivity contribution in [2.45, 2.75) is 99.5 Å². The van der Waals surface area contributed by atoms with Crippen LogP contribution < -0.4 is 21.4 Å². The Kier molecular flexibility index (Phi) is 12.4. The molecular weight excluding hydrogens is 699 g/mol. The summed E-state index contributed by atoms with van der Waals surface area (Å²) in [6.07, 6.45) is 11.7. The van der Waals surface area contributed by atoms with E-state index in [-0.39, 0.29) is 24.8 Å². The van der Waals surface area contributed by atoms with Crippen LogP contribution in [0.3, 0.4) is 0 Å². The summed E-state index contributed by atoms with van der Waals surface area (Å²) in [5, 5.41) is 4.13. The van der Waals surface area contributed by atoms with Crippen molar-refractivity contribution >= 4 is 35.7 Å². The van der Waals surface area contributed by atoms with Gasteiger partial charge in [-0.15, -0.1) is 0 Å². The smallest absolute Gasteiger partial charge is 0.305 e. The molecule has 0 aliphatic carbocycles. The van der Waals surface area contributed by atoms with Gasteiger partial charge in [-0.1, -0.05) is 52.0 Å². The lowest BCUT2D eigenvalue weighted by atomic mass is 9.91. The van der Waals surface area contributed by atoms with Crippen molar-refractivity contribution in [1.29, 1.82) is 0 Å². The zero-order valence-corrected chi connectivity index (χ0v) is 35.0. The second kappa shape index (κ2) is 17.2. The number of nitrogens with one attached hydrogen (secondary N) is 4. The van der Waals surface area contributed by atoms with Crippen LogP contribution in [0.25, 0.3) is 23.8 Å². The van der Waals surface area contributed by atoms with E-state index in [1.807, 2.05) is 0 Å². The summed E-state index contributed by atoms with van der Waals surface area (Å²) in [5.41, 5.74) is 17.3. The summed E-state index contributed by atoms with van der Waals surface area (Å²) in [7, 11) is 7.12. The van der Waals surface area contributed by atoms with Crippen LogP contribution >= 0.6 is 0 Å². The quantitative estimate of drug-likeness (QED) is 0.121. The molecule has 1 aromatic carbocycles. The molecule has 56 heavy (non-hydrogen) atoms. The van der Waals surface area contributed by atoms with Gasteiger partial charge in [-0.3, -0.25) is 9.59 Å². The predicted octanol–water partition coefficient (Wildman–Crippen LogP) is 5.19. The molecule has 4 aromatic heterocycles. The first-order valence-corrected chi connectivity index (χ1v) is 20.2. The van der Waals surface area contributed by atoms with Gasteiger partial charge in [0.15, 0.2) is 0 Å². The first kappa shape index (κ1) is 40.4. The molecule has 0 unspecified atom stereocenters. The lowest BCUT2D eigenvalue weighted by Gasteiger charge is -2.17. The van der Waals surface area contributed by atoms with Crippen LogP contribution in [-0.4, -0.2) is 65.1 Å². The van der Waals surface area contributed by atoms with Crippen molar-refractivity contribution in [2.24, 2.45) is 0 Å². The van der Waals surface area contributed by atoms with E-state index < -0.39 is 0 Å². The monoisotopic (exact) mass is 757 g/mol. The number of rotatable bonds is 13. The predicted molar refractivity (Wildman–Crippen MR) is 225 cm³/mol. The van der Waals surface area contributed by atoms with Crippen LogP contribution in [0, 0.1) is 13.8 Å². The lowest BCUT2D eigenvalue weighted by Crippen LogP contribution is -2.20. The fourth-order valence-corrected chi connectivity index (χ4v) is 8.72. The van der Waals surface area contributed by atoms with Gasteiger partial charge < -0.3 is 34.3 Å². The number of ether oxygens (including phenoxy) is 2. The van der Waals surface area contributed by atoms with E-state index in [2.05, 4.69) is 123 Å². The molecule has 5 aromatic rings. The number of hydrogen-bond donors (Lipinski definition) is 4. The second-order valence-corrected chi connectivity index (χ2v) is 15.1. The normalized spacial score (nSPS) is 12.4. The molecule has 5 heterocycles. The Morgan fingerprint density at radius 2 is 1.18 bits per heavy atom. The first-order valence-electron chi connectivity index (χ1n) is 20.2. The Morgan fingerprint density at radius 3 is 1.80 bits per heavy atom. The van der Waals surface area contributed by atoms with Crippen LogP contribution in [-0.2, 0) is 64.1 Å². The molecule has 0 amide bonds. The van der Waals surface area contributed by atoms with Gasteiger partial charge in [0.05, 0.1) is 25.3 Å². The third kappa shape index (κ3) is 7.74. The van der Waals surface area contributed by atoms with E-state index in [1.54, 1.807) is 0 Å². The Bertz CT molecular complexity index is 2520. The molecule has 6 rings (SSSR count). The van der Waals surface area contributed by atoms with Gasteiger partial charge in [0, 0.05) is 58.1 Å². The topological polar surface area (TPSA) is 119 Å². The maximum absolute atomic E-state index is 12.5. The zero-order chi connectivity index (χ0) is 40.3. The zero-order valence-electron chi connectivity index (χ0n) is 35.0. The van der Waals surface area contributed by atoms with Gasteiger partial charge >= 0.3 is 11.9 Å². The van der Waals surface area contributed by atoms with E-state index in [1.165, 1.54) is 53.2 Å². The summed E-state index contributed by atoms with van der Waals surface area (Å²) in [4.78, 5) is 42.8. The largest absolute Gasteiger partial charge is 0.469 e. The molecule has 0 radical (unpaired) electrons.